The second kappa shape index (κ2) is 12.6. The lowest BCUT2D eigenvalue weighted by atomic mass is 9.87. The van der Waals surface area contributed by atoms with E-state index in [9.17, 15) is 14.4 Å². The number of fused-ring (bicyclic) bond motifs is 1. The summed E-state index contributed by atoms with van der Waals surface area (Å²) in [5.74, 6) is 1.76. The van der Waals surface area contributed by atoms with E-state index >= 15 is 0 Å². The first-order valence-corrected chi connectivity index (χ1v) is 13.9. The number of aldehydes is 1. The summed E-state index contributed by atoms with van der Waals surface area (Å²) < 4.78 is 8.61. The third-order valence-electron chi connectivity index (χ3n) is 7.43. The number of benzene rings is 2. The molecular weight excluding hydrogens is 486 g/mol. The molecule has 1 fully saturated rings. The van der Waals surface area contributed by atoms with Gasteiger partial charge in [0.05, 0.1) is 6.54 Å². The van der Waals surface area contributed by atoms with Crippen LogP contribution in [0.3, 0.4) is 0 Å². The van der Waals surface area contributed by atoms with E-state index in [1.165, 1.54) is 29.7 Å². The molecule has 0 aliphatic carbocycles. The van der Waals surface area contributed by atoms with Crippen molar-refractivity contribution in [3.05, 3.63) is 59.2 Å². The van der Waals surface area contributed by atoms with Crippen LogP contribution in [0, 0.1) is 11.8 Å². The van der Waals surface area contributed by atoms with Crippen molar-refractivity contribution in [1.82, 2.24) is 14.5 Å². The van der Waals surface area contributed by atoms with Crippen molar-refractivity contribution in [2.24, 2.45) is 11.8 Å². The average molecular weight is 524 g/mol. The molecule has 37 heavy (non-hydrogen) atoms. The van der Waals surface area contributed by atoms with Crippen molar-refractivity contribution in [2.75, 3.05) is 20.1 Å². The number of nitrogens with one attached hydrogen (secondary N) is 1. The van der Waals surface area contributed by atoms with Gasteiger partial charge in [-0.3, -0.25) is 9.59 Å². The Morgan fingerprint density at radius 2 is 1.89 bits per heavy atom. The first kappa shape index (κ1) is 27.2. The van der Waals surface area contributed by atoms with Gasteiger partial charge >= 0.3 is 0 Å². The van der Waals surface area contributed by atoms with Gasteiger partial charge in [-0.2, -0.15) is 0 Å². The summed E-state index contributed by atoms with van der Waals surface area (Å²) in [6, 6.07) is 13.2. The number of likely N-dealkylation sites (N-methyl/N-ethyl adjacent to an activating group) is 1. The Labute approximate surface area is 224 Å². The van der Waals surface area contributed by atoms with E-state index in [0.717, 1.165) is 42.3 Å². The highest BCUT2D eigenvalue weighted by Gasteiger charge is 2.37. The van der Waals surface area contributed by atoms with Crippen molar-refractivity contribution >= 4 is 30.0 Å². The molecule has 2 aromatic rings. The highest BCUT2D eigenvalue weighted by Crippen LogP contribution is 2.34. The van der Waals surface area contributed by atoms with Gasteiger partial charge < -0.3 is 19.7 Å². The minimum atomic E-state index is -0.691. The molecule has 2 amide bonds. The summed E-state index contributed by atoms with van der Waals surface area (Å²) in [6.07, 6.45) is 3.81. The maximum Gasteiger partial charge on any atom is 0.255 e. The molecule has 1 atom stereocenters. The minimum Gasteiger partial charge on any atom is -0.489 e. The molecule has 0 spiro atoms. The van der Waals surface area contributed by atoms with Crippen LogP contribution < -0.4 is 10.1 Å². The molecule has 1 N–H and O–H groups in total. The number of amides is 2. The highest BCUT2D eigenvalue weighted by molar-refractivity contribution is 7.97. The Kier molecular flexibility index (Phi) is 9.27. The first-order chi connectivity index (χ1) is 17.9. The van der Waals surface area contributed by atoms with Gasteiger partial charge in [0, 0.05) is 42.6 Å². The topological polar surface area (TPSA) is 79.0 Å². The first-order valence-electron chi connectivity index (χ1n) is 13.1. The maximum atomic E-state index is 13.1. The lowest BCUT2D eigenvalue weighted by molar-refractivity contribution is -0.125. The maximum absolute atomic E-state index is 13.1. The molecule has 1 saturated heterocycles. The van der Waals surface area contributed by atoms with E-state index in [-0.39, 0.29) is 24.8 Å². The van der Waals surface area contributed by atoms with Gasteiger partial charge in [0.25, 0.3) is 5.91 Å². The van der Waals surface area contributed by atoms with Gasteiger partial charge in [0.1, 0.15) is 24.7 Å². The molecule has 7 nitrogen and oxygen atoms in total. The van der Waals surface area contributed by atoms with Gasteiger partial charge in [0.2, 0.25) is 5.91 Å². The fraction of sp³-hybridized carbons (Fsp3) is 0.483. The van der Waals surface area contributed by atoms with Crippen molar-refractivity contribution in [2.45, 2.75) is 63.6 Å². The molecule has 8 heteroatoms. The van der Waals surface area contributed by atoms with Crippen LogP contribution in [0.15, 0.2) is 47.4 Å². The second-order valence-electron chi connectivity index (χ2n) is 10.1. The van der Waals surface area contributed by atoms with Gasteiger partial charge in [-0.1, -0.05) is 32.0 Å². The molecule has 2 aliphatic heterocycles. The number of hydrogen-bond donors (Lipinski definition) is 1. The molecule has 0 radical (unpaired) electrons. The molecule has 2 aliphatic rings. The van der Waals surface area contributed by atoms with Gasteiger partial charge in [-0.15, -0.1) is 0 Å². The SMILES string of the molecule is CNC(=O)C(CCC=O)N1Cc2c(OCc3ccc(SN4CCC(C(C)C)CC4)cc3)cccc2C1=O. The Morgan fingerprint density at radius 3 is 2.54 bits per heavy atom. The zero-order valence-corrected chi connectivity index (χ0v) is 22.8. The number of ether oxygens (including phenoxy) is 1. The molecule has 0 aromatic heterocycles. The summed E-state index contributed by atoms with van der Waals surface area (Å²) in [4.78, 5) is 39.2. The Bertz CT molecular complexity index is 1100. The predicted octanol–water partition coefficient (Wildman–Crippen LogP) is 4.69. The van der Waals surface area contributed by atoms with Crippen LogP contribution in [0.4, 0.5) is 0 Å². The molecule has 4 rings (SSSR count). The molecule has 2 aromatic carbocycles. The van der Waals surface area contributed by atoms with E-state index < -0.39 is 6.04 Å². The Balaban J connectivity index is 1.36. The van der Waals surface area contributed by atoms with Crippen molar-refractivity contribution in [1.29, 1.82) is 0 Å². The van der Waals surface area contributed by atoms with Crippen LogP contribution in [-0.4, -0.2) is 53.5 Å². The summed E-state index contributed by atoms with van der Waals surface area (Å²) in [5, 5.41) is 2.61. The number of hydrogen-bond acceptors (Lipinski definition) is 6. The summed E-state index contributed by atoms with van der Waals surface area (Å²) >= 11 is 1.83. The van der Waals surface area contributed by atoms with E-state index in [1.807, 2.05) is 18.0 Å². The summed E-state index contributed by atoms with van der Waals surface area (Å²) in [5.41, 5.74) is 2.38. The Morgan fingerprint density at radius 1 is 1.16 bits per heavy atom. The van der Waals surface area contributed by atoms with Crippen molar-refractivity contribution < 1.29 is 19.1 Å². The van der Waals surface area contributed by atoms with Crippen molar-refractivity contribution in [3.8, 4) is 5.75 Å². The van der Waals surface area contributed by atoms with Crippen molar-refractivity contribution in [3.63, 3.8) is 0 Å². The normalized spacial score (nSPS) is 17.1. The third kappa shape index (κ3) is 6.54. The minimum absolute atomic E-state index is 0.209. The van der Waals surface area contributed by atoms with E-state index in [4.69, 9.17) is 4.74 Å². The number of carbonyl (C=O) groups is 3. The van der Waals surface area contributed by atoms with E-state index in [0.29, 0.717) is 24.3 Å². The largest absolute Gasteiger partial charge is 0.489 e. The zero-order chi connectivity index (χ0) is 26.4. The molecular formula is C29H37N3O4S. The van der Waals surface area contributed by atoms with Crippen LogP contribution in [0.2, 0.25) is 0 Å². The van der Waals surface area contributed by atoms with Crippen LogP contribution in [0.1, 0.15) is 61.0 Å². The van der Waals surface area contributed by atoms with Gasteiger partial charge in [-0.05, 0) is 72.9 Å². The zero-order valence-electron chi connectivity index (χ0n) is 21.9. The summed E-state index contributed by atoms with van der Waals surface area (Å²) in [6.45, 7) is 7.57. The lowest BCUT2D eigenvalue weighted by Gasteiger charge is -2.32. The monoisotopic (exact) mass is 523 g/mol. The smallest absolute Gasteiger partial charge is 0.255 e. The number of piperidine rings is 1. The fourth-order valence-electron chi connectivity index (χ4n) is 5.12. The second-order valence-corrected chi connectivity index (χ2v) is 11.3. The van der Waals surface area contributed by atoms with Crippen LogP contribution >= 0.6 is 11.9 Å². The fourth-order valence-corrected chi connectivity index (χ4v) is 6.07. The number of rotatable bonds is 11. The van der Waals surface area contributed by atoms with Crippen LogP contribution in [0.5, 0.6) is 5.75 Å². The van der Waals surface area contributed by atoms with E-state index in [1.54, 1.807) is 12.1 Å². The number of nitrogens with zero attached hydrogens (tertiary/aromatic N) is 2. The molecule has 1 unspecified atom stereocenters. The predicted molar refractivity (Wildman–Crippen MR) is 145 cm³/mol. The van der Waals surface area contributed by atoms with Gasteiger partial charge in [-0.25, -0.2) is 4.31 Å². The molecule has 0 bridgehead atoms. The standard InChI is InChI=1S/C29H37N3O4S/c1-20(2)22-13-15-31(16-14-22)37-23-11-9-21(10-12-23)19-36-27-8-4-6-24-25(27)18-32(29(24)35)26(7-5-17-33)28(34)30-3/h4,6,8-12,17,20,22,26H,5,7,13-16,18-19H2,1-3H3,(H,30,34). The number of carbonyl (C=O) groups excluding carboxylic acids is 3. The van der Waals surface area contributed by atoms with Crippen LogP contribution in [-0.2, 0) is 22.7 Å². The summed E-state index contributed by atoms with van der Waals surface area (Å²) in [7, 11) is 1.54. The Hall–Kier alpha value is -2.84. The van der Waals surface area contributed by atoms with E-state index in [2.05, 4.69) is 47.7 Å². The highest BCUT2D eigenvalue weighted by atomic mass is 32.2. The van der Waals surface area contributed by atoms with Crippen LogP contribution in [0.25, 0.3) is 0 Å². The third-order valence-corrected chi connectivity index (χ3v) is 8.54. The molecule has 0 saturated carbocycles. The van der Waals surface area contributed by atoms with Gasteiger partial charge in [0.15, 0.2) is 0 Å². The lowest BCUT2D eigenvalue weighted by Crippen LogP contribution is -2.46. The molecule has 198 valence electrons. The average Bonchev–Trinajstić information content (AvgIpc) is 3.25. The molecule has 2 heterocycles. The quantitative estimate of drug-likeness (QED) is 0.340.